The Hall–Kier alpha value is -3.14. The molecule has 0 radical (unpaired) electrons. The van der Waals surface area contributed by atoms with E-state index in [0.717, 1.165) is 22.3 Å². The van der Waals surface area contributed by atoms with E-state index in [1.807, 2.05) is 75.4 Å². The Kier molecular flexibility index (Phi) is 7.99. The van der Waals surface area contributed by atoms with Crippen molar-refractivity contribution in [1.29, 1.82) is 0 Å². The smallest absolute Gasteiger partial charge is 0.155 e. The fourth-order valence-corrected chi connectivity index (χ4v) is 4.20. The number of rotatable bonds is 8. The van der Waals surface area contributed by atoms with Crippen LogP contribution in [0, 0.1) is 0 Å². The normalized spacial score (nSPS) is 20.3. The van der Waals surface area contributed by atoms with Crippen molar-refractivity contribution in [2.75, 3.05) is 13.2 Å². The molecule has 176 valence electrons. The van der Waals surface area contributed by atoms with E-state index in [-0.39, 0.29) is 18.5 Å². The zero-order chi connectivity index (χ0) is 23.8. The lowest BCUT2D eigenvalue weighted by molar-refractivity contribution is -0.259. The van der Waals surface area contributed by atoms with Gasteiger partial charge in [0.25, 0.3) is 0 Å². The van der Waals surface area contributed by atoms with E-state index in [4.69, 9.17) is 18.9 Å². The molecule has 0 aromatic heterocycles. The van der Waals surface area contributed by atoms with E-state index in [1.165, 1.54) is 0 Å². The van der Waals surface area contributed by atoms with Crippen molar-refractivity contribution in [3.63, 3.8) is 0 Å². The molecule has 34 heavy (non-hydrogen) atoms. The minimum atomic E-state index is -0.811. The summed E-state index contributed by atoms with van der Waals surface area (Å²) >= 11 is 0. The largest absolute Gasteiger partial charge is 0.485 e. The van der Waals surface area contributed by atoms with Crippen LogP contribution in [0.4, 0.5) is 0 Å². The maximum absolute atomic E-state index is 6.93. The minimum absolute atomic E-state index is 0.303. The van der Waals surface area contributed by atoms with Crippen LogP contribution in [-0.4, -0.2) is 31.7 Å². The molecule has 1 fully saturated rings. The molecule has 0 N–H and O–H groups in total. The van der Waals surface area contributed by atoms with E-state index in [1.54, 1.807) is 6.26 Å². The average Bonchev–Trinajstić information content (AvgIpc) is 2.87. The first-order chi connectivity index (χ1) is 16.6. The third kappa shape index (κ3) is 5.49. The highest BCUT2D eigenvalue weighted by Gasteiger charge is 2.40. The van der Waals surface area contributed by atoms with E-state index in [2.05, 4.69) is 42.1 Å². The SMILES string of the molecule is CC(C)=C=CO[C@@H]1COC(C)O[C@H]1COC(c1ccccc1)(c1ccccc1)c1ccccc1. The van der Waals surface area contributed by atoms with Crippen LogP contribution in [-0.2, 0) is 24.5 Å². The molecule has 4 rings (SSSR count). The molecular formula is C30H32O4. The van der Waals surface area contributed by atoms with Crippen LogP contribution < -0.4 is 0 Å². The summed E-state index contributed by atoms with van der Waals surface area (Å²) in [4.78, 5) is 0. The lowest BCUT2D eigenvalue weighted by Gasteiger charge is -2.40. The summed E-state index contributed by atoms with van der Waals surface area (Å²) in [6.07, 6.45) is 0.646. The number of benzene rings is 3. The molecule has 4 heteroatoms. The van der Waals surface area contributed by atoms with Gasteiger partial charge >= 0.3 is 0 Å². The molecule has 1 saturated heterocycles. The molecule has 0 saturated carbocycles. The zero-order valence-electron chi connectivity index (χ0n) is 20.0. The summed E-state index contributed by atoms with van der Waals surface area (Å²) in [5, 5.41) is 0. The van der Waals surface area contributed by atoms with E-state index < -0.39 is 5.60 Å². The number of hydrogen-bond acceptors (Lipinski definition) is 4. The Morgan fingerprint density at radius 1 is 0.882 bits per heavy atom. The van der Waals surface area contributed by atoms with Crippen LogP contribution in [0.5, 0.6) is 0 Å². The van der Waals surface area contributed by atoms with Crippen molar-refractivity contribution in [1.82, 2.24) is 0 Å². The quantitative estimate of drug-likeness (QED) is 0.229. The standard InChI is InChI=1S/C30H32O4/c1-23(2)19-20-31-28-21-32-24(3)34-29(28)22-33-30(25-13-7-4-8-14-25,26-15-9-5-10-16-26)27-17-11-6-12-18-27/h4-18,20,24,28-29H,21-22H2,1-3H3/t24?,28-,29+/m1/s1. The molecule has 0 amide bonds. The summed E-state index contributed by atoms with van der Waals surface area (Å²) in [5.74, 6) is 0. The average molecular weight is 457 g/mol. The Labute approximate surface area is 202 Å². The Bertz CT molecular complexity index is 988. The van der Waals surface area contributed by atoms with Crippen LogP contribution in [0.3, 0.4) is 0 Å². The monoisotopic (exact) mass is 456 g/mol. The van der Waals surface area contributed by atoms with E-state index in [0.29, 0.717) is 13.2 Å². The number of ether oxygens (including phenoxy) is 4. The zero-order valence-corrected chi connectivity index (χ0v) is 20.0. The second-order valence-corrected chi connectivity index (χ2v) is 8.60. The maximum atomic E-state index is 6.93. The number of allylic oxidation sites excluding steroid dienone is 1. The molecule has 1 aliphatic rings. The molecule has 1 heterocycles. The summed E-state index contributed by atoms with van der Waals surface area (Å²) in [6, 6.07) is 31.0. The fourth-order valence-electron chi connectivity index (χ4n) is 4.20. The molecular weight excluding hydrogens is 424 g/mol. The van der Waals surface area contributed by atoms with Gasteiger partial charge in [-0.15, -0.1) is 0 Å². The van der Waals surface area contributed by atoms with Crippen LogP contribution in [0.15, 0.2) is 109 Å². The molecule has 0 bridgehead atoms. The minimum Gasteiger partial charge on any atom is -0.485 e. The van der Waals surface area contributed by atoms with Crippen molar-refractivity contribution in [3.05, 3.63) is 125 Å². The van der Waals surface area contributed by atoms with Gasteiger partial charge in [-0.05, 0) is 43.0 Å². The highest BCUT2D eigenvalue weighted by atomic mass is 16.7. The molecule has 4 nitrogen and oxygen atoms in total. The highest BCUT2D eigenvalue weighted by molar-refractivity contribution is 5.47. The Balaban J connectivity index is 1.73. The topological polar surface area (TPSA) is 36.9 Å². The van der Waals surface area contributed by atoms with Crippen LogP contribution in [0.2, 0.25) is 0 Å². The predicted octanol–water partition coefficient (Wildman–Crippen LogP) is 6.22. The molecule has 3 aromatic carbocycles. The molecule has 1 aliphatic heterocycles. The first-order valence-electron chi connectivity index (χ1n) is 11.7. The lowest BCUT2D eigenvalue weighted by Crippen LogP contribution is -2.48. The third-order valence-electron chi connectivity index (χ3n) is 5.87. The van der Waals surface area contributed by atoms with E-state index >= 15 is 0 Å². The van der Waals surface area contributed by atoms with Gasteiger partial charge < -0.3 is 18.9 Å². The van der Waals surface area contributed by atoms with Gasteiger partial charge in [0.2, 0.25) is 0 Å². The van der Waals surface area contributed by atoms with Gasteiger partial charge in [0.05, 0.1) is 13.2 Å². The van der Waals surface area contributed by atoms with Crippen molar-refractivity contribution >= 4 is 0 Å². The molecule has 3 atom stereocenters. The van der Waals surface area contributed by atoms with Gasteiger partial charge in [0.1, 0.15) is 18.0 Å². The second-order valence-electron chi connectivity index (χ2n) is 8.60. The Morgan fingerprint density at radius 2 is 1.38 bits per heavy atom. The van der Waals surface area contributed by atoms with Gasteiger partial charge in [-0.25, -0.2) is 0 Å². The molecule has 0 aliphatic carbocycles. The highest BCUT2D eigenvalue weighted by Crippen LogP contribution is 2.41. The predicted molar refractivity (Wildman–Crippen MR) is 133 cm³/mol. The lowest BCUT2D eigenvalue weighted by atomic mass is 9.80. The van der Waals surface area contributed by atoms with Crippen molar-refractivity contribution in [3.8, 4) is 0 Å². The van der Waals surface area contributed by atoms with Gasteiger partial charge in [-0.3, -0.25) is 0 Å². The van der Waals surface area contributed by atoms with Gasteiger partial charge in [-0.2, -0.15) is 0 Å². The fraction of sp³-hybridized carbons (Fsp3) is 0.300. The second kappa shape index (κ2) is 11.3. The third-order valence-corrected chi connectivity index (χ3v) is 5.87. The van der Waals surface area contributed by atoms with Crippen molar-refractivity contribution in [2.45, 2.75) is 44.9 Å². The summed E-state index contributed by atoms with van der Waals surface area (Å²) in [6.45, 7) is 6.59. The molecule has 1 unspecified atom stereocenters. The van der Waals surface area contributed by atoms with Gasteiger partial charge in [0.15, 0.2) is 12.4 Å². The number of hydrogen-bond donors (Lipinski definition) is 0. The summed E-state index contributed by atoms with van der Waals surface area (Å²) in [5.41, 5.74) is 6.47. The van der Waals surface area contributed by atoms with Crippen LogP contribution in [0.25, 0.3) is 0 Å². The first-order valence-corrected chi connectivity index (χ1v) is 11.7. The molecule has 3 aromatic rings. The van der Waals surface area contributed by atoms with Crippen molar-refractivity contribution in [2.24, 2.45) is 0 Å². The van der Waals surface area contributed by atoms with Crippen LogP contribution in [0.1, 0.15) is 37.5 Å². The van der Waals surface area contributed by atoms with Gasteiger partial charge in [-0.1, -0.05) is 96.7 Å². The maximum Gasteiger partial charge on any atom is 0.155 e. The summed E-state index contributed by atoms with van der Waals surface area (Å²) < 4.78 is 24.7. The molecule has 0 spiro atoms. The van der Waals surface area contributed by atoms with Crippen LogP contribution >= 0.6 is 0 Å². The first kappa shape index (κ1) is 24.0. The van der Waals surface area contributed by atoms with Gasteiger partial charge in [0, 0.05) is 0 Å². The van der Waals surface area contributed by atoms with Crippen molar-refractivity contribution < 1.29 is 18.9 Å². The Morgan fingerprint density at radius 3 is 1.85 bits per heavy atom. The summed E-state index contributed by atoms with van der Waals surface area (Å²) in [7, 11) is 0. The van der Waals surface area contributed by atoms with E-state index in [9.17, 15) is 0 Å².